The molecule has 3 rings (SSSR count). The molecule has 2 amide bonds. The van der Waals surface area contributed by atoms with Crippen LogP contribution in [0.2, 0.25) is 10.0 Å². The number of rotatable bonds is 3. The van der Waals surface area contributed by atoms with Gasteiger partial charge in [0.1, 0.15) is 0 Å². The number of halogens is 2. The van der Waals surface area contributed by atoms with E-state index >= 15 is 0 Å². The molecule has 136 valence electrons. The van der Waals surface area contributed by atoms with Crippen molar-refractivity contribution in [1.82, 2.24) is 15.1 Å². The third-order valence-electron chi connectivity index (χ3n) is 5.15. The zero-order chi connectivity index (χ0) is 18.0. The molecule has 0 radical (unpaired) electrons. The zero-order valence-corrected chi connectivity index (χ0v) is 15.8. The van der Waals surface area contributed by atoms with Gasteiger partial charge >= 0.3 is 0 Å². The molecule has 2 saturated heterocycles. The van der Waals surface area contributed by atoms with Gasteiger partial charge in [-0.1, -0.05) is 23.2 Å². The Labute approximate surface area is 158 Å². The first-order valence-electron chi connectivity index (χ1n) is 8.69. The summed E-state index contributed by atoms with van der Waals surface area (Å²) in [4.78, 5) is 29.2. The Kier molecular flexibility index (Phi) is 5.87. The maximum absolute atomic E-state index is 12.8. The summed E-state index contributed by atoms with van der Waals surface area (Å²) in [5.74, 6) is -0.0901. The number of likely N-dealkylation sites (tertiary alicyclic amines) is 1. The van der Waals surface area contributed by atoms with Crippen molar-refractivity contribution in [1.29, 1.82) is 0 Å². The number of hydrogen-bond acceptors (Lipinski definition) is 3. The minimum Gasteiger partial charge on any atom is -0.341 e. The molecule has 25 heavy (non-hydrogen) atoms. The third kappa shape index (κ3) is 4.10. The fourth-order valence-corrected chi connectivity index (χ4v) is 3.91. The molecule has 2 aliphatic rings. The van der Waals surface area contributed by atoms with Crippen molar-refractivity contribution in [2.24, 2.45) is 5.92 Å². The maximum Gasteiger partial charge on any atom is 0.253 e. The lowest BCUT2D eigenvalue weighted by molar-refractivity contribution is -0.137. The van der Waals surface area contributed by atoms with Gasteiger partial charge in [-0.05, 0) is 44.0 Å². The average molecular weight is 384 g/mol. The van der Waals surface area contributed by atoms with Crippen molar-refractivity contribution in [2.75, 3.05) is 33.2 Å². The molecule has 0 spiro atoms. The topological polar surface area (TPSA) is 52.7 Å². The molecular weight excluding hydrogens is 361 g/mol. The molecule has 2 fully saturated rings. The summed E-state index contributed by atoms with van der Waals surface area (Å²) in [6, 6.07) is 5.16. The second kappa shape index (κ2) is 7.94. The van der Waals surface area contributed by atoms with Gasteiger partial charge in [-0.15, -0.1) is 0 Å². The predicted octanol–water partition coefficient (Wildman–Crippen LogP) is 2.67. The van der Waals surface area contributed by atoms with Crippen molar-refractivity contribution in [3.05, 3.63) is 33.8 Å². The second-order valence-corrected chi connectivity index (χ2v) is 7.63. The number of piperidine rings is 1. The van der Waals surface area contributed by atoms with Gasteiger partial charge in [-0.2, -0.15) is 0 Å². The predicted molar refractivity (Wildman–Crippen MR) is 99.1 cm³/mol. The molecule has 2 atom stereocenters. The molecule has 0 aliphatic carbocycles. The number of nitrogens with one attached hydrogen (secondary N) is 1. The fourth-order valence-electron chi connectivity index (χ4n) is 3.61. The van der Waals surface area contributed by atoms with Gasteiger partial charge in [0.2, 0.25) is 5.91 Å². The summed E-state index contributed by atoms with van der Waals surface area (Å²) < 4.78 is 0. The van der Waals surface area contributed by atoms with Crippen LogP contribution in [0.15, 0.2) is 18.2 Å². The van der Waals surface area contributed by atoms with Crippen LogP contribution in [0.1, 0.15) is 29.6 Å². The summed E-state index contributed by atoms with van der Waals surface area (Å²) in [5.41, 5.74) is 0.510. The van der Waals surface area contributed by atoms with E-state index in [2.05, 4.69) is 5.32 Å². The number of carbonyl (C=O) groups excluding carboxylic acids is 2. The summed E-state index contributed by atoms with van der Waals surface area (Å²) in [6.07, 6.45) is 2.65. The second-order valence-electron chi connectivity index (χ2n) is 6.81. The van der Waals surface area contributed by atoms with E-state index in [9.17, 15) is 9.59 Å². The lowest BCUT2D eigenvalue weighted by Gasteiger charge is -2.35. The highest BCUT2D eigenvalue weighted by Gasteiger charge is 2.33. The quantitative estimate of drug-likeness (QED) is 0.872. The number of likely N-dealkylation sites (N-methyl/N-ethyl adjacent to an activating group) is 1. The molecule has 1 N–H and O–H groups in total. The van der Waals surface area contributed by atoms with E-state index in [1.807, 2.05) is 11.9 Å². The molecule has 1 aromatic rings. The summed E-state index contributed by atoms with van der Waals surface area (Å²) in [6.45, 7) is 2.93. The van der Waals surface area contributed by atoms with Crippen LogP contribution in [0.25, 0.3) is 0 Å². The Bertz CT molecular complexity index is 662. The van der Waals surface area contributed by atoms with Gasteiger partial charge in [0, 0.05) is 38.3 Å². The SMILES string of the molecule is CN(C(=O)C1CCCN(C(=O)c2ccc(Cl)c(Cl)c2)C1)C1CCNC1. The van der Waals surface area contributed by atoms with E-state index in [1.165, 1.54) is 0 Å². The van der Waals surface area contributed by atoms with E-state index in [4.69, 9.17) is 23.2 Å². The minimum absolute atomic E-state index is 0.0961. The van der Waals surface area contributed by atoms with Crippen molar-refractivity contribution in [3.63, 3.8) is 0 Å². The van der Waals surface area contributed by atoms with Crippen LogP contribution in [-0.2, 0) is 4.79 Å². The third-order valence-corrected chi connectivity index (χ3v) is 5.89. The standard InChI is InChI=1S/C18H23Cl2N3O2/c1-22(14-6-7-21-10-14)17(24)13-3-2-8-23(11-13)18(25)12-4-5-15(19)16(20)9-12/h4-5,9,13-14,21H,2-3,6-8,10-11H2,1H3. The van der Waals surface area contributed by atoms with E-state index < -0.39 is 0 Å². The molecule has 2 heterocycles. The monoisotopic (exact) mass is 383 g/mol. The van der Waals surface area contributed by atoms with Crippen molar-refractivity contribution in [2.45, 2.75) is 25.3 Å². The smallest absolute Gasteiger partial charge is 0.253 e. The Morgan fingerprint density at radius 2 is 2.04 bits per heavy atom. The maximum atomic E-state index is 12.8. The molecular formula is C18H23Cl2N3O2. The fraction of sp³-hybridized carbons (Fsp3) is 0.556. The van der Waals surface area contributed by atoms with Gasteiger partial charge in [-0.3, -0.25) is 9.59 Å². The average Bonchev–Trinajstić information content (AvgIpc) is 3.17. The van der Waals surface area contributed by atoms with Crippen LogP contribution in [0.4, 0.5) is 0 Å². The highest BCUT2D eigenvalue weighted by molar-refractivity contribution is 6.42. The number of amides is 2. The van der Waals surface area contributed by atoms with Crippen LogP contribution < -0.4 is 5.32 Å². The van der Waals surface area contributed by atoms with Gasteiger partial charge in [0.25, 0.3) is 5.91 Å². The van der Waals surface area contributed by atoms with Crippen molar-refractivity contribution in [3.8, 4) is 0 Å². The molecule has 2 aliphatic heterocycles. The first-order valence-corrected chi connectivity index (χ1v) is 9.44. The van der Waals surface area contributed by atoms with Gasteiger partial charge in [0.05, 0.1) is 16.0 Å². The van der Waals surface area contributed by atoms with Gasteiger partial charge < -0.3 is 15.1 Å². The van der Waals surface area contributed by atoms with Crippen molar-refractivity contribution < 1.29 is 9.59 Å². The molecule has 5 nitrogen and oxygen atoms in total. The molecule has 0 aromatic heterocycles. The first-order chi connectivity index (χ1) is 12.0. The highest BCUT2D eigenvalue weighted by atomic mass is 35.5. The van der Waals surface area contributed by atoms with Crippen LogP contribution in [-0.4, -0.2) is 60.9 Å². The van der Waals surface area contributed by atoms with Gasteiger partial charge in [0.15, 0.2) is 0 Å². The molecule has 0 bridgehead atoms. The summed E-state index contributed by atoms with van der Waals surface area (Å²) in [7, 11) is 1.87. The van der Waals surface area contributed by atoms with E-state index in [1.54, 1.807) is 23.1 Å². The molecule has 2 unspecified atom stereocenters. The Morgan fingerprint density at radius 3 is 2.72 bits per heavy atom. The first kappa shape index (κ1) is 18.5. The van der Waals surface area contributed by atoms with Crippen LogP contribution in [0, 0.1) is 5.92 Å². The van der Waals surface area contributed by atoms with E-state index in [0.717, 1.165) is 32.4 Å². The Balaban J connectivity index is 1.66. The largest absolute Gasteiger partial charge is 0.341 e. The summed E-state index contributed by atoms with van der Waals surface area (Å²) >= 11 is 11.9. The number of carbonyl (C=O) groups is 2. The van der Waals surface area contributed by atoms with Crippen molar-refractivity contribution >= 4 is 35.0 Å². The molecule has 0 saturated carbocycles. The number of hydrogen-bond donors (Lipinski definition) is 1. The van der Waals surface area contributed by atoms with Gasteiger partial charge in [-0.25, -0.2) is 0 Å². The number of nitrogens with zero attached hydrogens (tertiary/aromatic N) is 2. The Morgan fingerprint density at radius 1 is 1.24 bits per heavy atom. The lowest BCUT2D eigenvalue weighted by Crippen LogP contribution is -2.48. The van der Waals surface area contributed by atoms with E-state index in [-0.39, 0.29) is 23.8 Å². The molecule has 1 aromatic carbocycles. The zero-order valence-electron chi connectivity index (χ0n) is 14.3. The van der Waals surface area contributed by atoms with Crippen LogP contribution in [0.5, 0.6) is 0 Å². The summed E-state index contributed by atoms with van der Waals surface area (Å²) in [5, 5.41) is 4.08. The van der Waals surface area contributed by atoms with Crippen LogP contribution in [0.3, 0.4) is 0 Å². The lowest BCUT2D eigenvalue weighted by atomic mass is 9.95. The molecule has 7 heteroatoms. The number of benzene rings is 1. The van der Waals surface area contributed by atoms with Crippen LogP contribution >= 0.6 is 23.2 Å². The Hall–Kier alpha value is -1.30. The highest BCUT2D eigenvalue weighted by Crippen LogP contribution is 2.26. The van der Waals surface area contributed by atoms with E-state index in [0.29, 0.717) is 28.7 Å². The normalized spacial score (nSPS) is 23.6. The minimum atomic E-state index is -0.133.